The van der Waals surface area contributed by atoms with Crippen LogP contribution in [0, 0.1) is 0 Å². The van der Waals surface area contributed by atoms with Crippen molar-refractivity contribution in [3.8, 4) is 0 Å². The molecule has 0 bridgehead atoms. The third kappa shape index (κ3) is 5.22. The predicted molar refractivity (Wildman–Crippen MR) is 60.3 cm³/mol. The molecular weight excluding hydrogens is 176 g/mol. The van der Waals surface area contributed by atoms with E-state index in [1.165, 1.54) is 0 Å². The van der Waals surface area contributed by atoms with Crippen molar-refractivity contribution in [3.05, 3.63) is 0 Å². The number of amides is 1. The minimum Gasteiger partial charge on any atom is -0.349 e. The van der Waals surface area contributed by atoms with Crippen LogP contribution in [0.25, 0.3) is 0 Å². The molecule has 0 spiro atoms. The lowest BCUT2D eigenvalue weighted by molar-refractivity contribution is -0.129. The summed E-state index contributed by atoms with van der Waals surface area (Å²) in [5.41, 5.74) is 0. The van der Waals surface area contributed by atoms with Crippen LogP contribution in [-0.4, -0.2) is 37.0 Å². The molecule has 0 saturated heterocycles. The van der Waals surface area contributed by atoms with E-state index in [9.17, 15) is 4.79 Å². The number of hydrogen-bond donors (Lipinski definition) is 1. The molecule has 0 fully saturated rings. The number of nitrogens with one attached hydrogen (secondary N) is 1. The fourth-order valence-corrected chi connectivity index (χ4v) is 1.43. The van der Waals surface area contributed by atoms with Crippen molar-refractivity contribution in [2.75, 3.05) is 14.1 Å². The third-order valence-corrected chi connectivity index (χ3v) is 2.49. The normalized spacial score (nSPS) is 13.0. The van der Waals surface area contributed by atoms with E-state index in [1.54, 1.807) is 19.0 Å². The highest BCUT2D eigenvalue weighted by atomic mass is 16.2. The van der Waals surface area contributed by atoms with Gasteiger partial charge in [-0.3, -0.25) is 4.79 Å². The molecule has 0 aromatic heterocycles. The van der Waals surface area contributed by atoms with Gasteiger partial charge in [-0.1, -0.05) is 13.8 Å². The summed E-state index contributed by atoms with van der Waals surface area (Å²) in [5.74, 6) is 0.191. The van der Waals surface area contributed by atoms with Crippen molar-refractivity contribution in [3.63, 3.8) is 0 Å². The van der Waals surface area contributed by atoms with Gasteiger partial charge in [-0.15, -0.1) is 0 Å². The summed E-state index contributed by atoms with van der Waals surface area (Å²) >= 11 is 0. The lowest BCUT2D eigenvalue weighted by Gasteiger charge is -2.21. The van der Waals surface area contributed by atoms with Gasteiger partial charge in [0.15, 0.2) is 0 Å². The first kappa shape index (κ1) is 13.4. The van der Waals surface area contributed by atoms with E-state index in [4.69, 9.17) is 0 Å². The zero-order valence-corrected chi connectivity index (χ0v) is 10.1. The standard InChI is InChI=1S/C11H24N2O/c1-6-10(7-2)12-9(3)8-11(14)13(4)5/h9-10,12H,6-8H2,1-5H3. The molecular formula is C11H24N2O. The van der Waals surface area contributed by atoms with E-state index in [0.717, 1.165) is 12.8 Å². The van der Waals surface area contributed by atoms with E-state index < -0.39 is 0 Å². The molecule has 0 aliphatic carbocycles. The minimum atomic E-state index is 0.191. The lowest BCUT2D eigenvalue weighted by atomic mass is 10.1. The Morgan fingerprint density at radius 3 is 2.14 bits per heavy atom. The number of nitrogens with zero attached hydrogens (tertiary/aromatic N) is 1. The van der Waals surface area contributed by atoms with Crippen molar-refractivity contribution in [2.24, 2.45) is 0 Å². The summed E-state index contributed by atoms with van der Waals surface area (Å²) < 4.78 is 0. The summed E-state index contributed by atoms with van der Waals surface area (Å²) in [4.78, 5) is 13.0. The smallest absolute Gasteiger partial charge is 0.223 e. The summed E-state index contributed by atoms with van der Waals surface area (Å²) in [6.07, 6.45) is 2.83. The minimum absolute atomic E-state index is 0.191. The highest BCUT2D eigenvalue weighted by Crippen LogP contribution is 2.01. The lowest BCUT2D eigenvalue weighted by Crippen LogP contribution is -2.39. The van der Waals surface area contributed by atoms with E-state index >= 15 is 0 Å². The van der Waals surface area contributed by atoms with Crippen molar-refractivity contribution in [2.45, 2.75) is 52.1 Å². The zero-order valence-electron chi connectivity index (χ0n) is 10.1. The van der Waals surface area contributed by atoms with Crippen molar-refractivity contribution >= 4 is 5.91 Å². The van der Waals surface area contributed by atoms with E-state index in [-0.39, 0.29) is 11.9 Å². The quantitative estimate of drug-likeness (QED) is 0.707. The van der Waals surface area contributed by atoms with Gasteiger partial charge < -0.3 is 10.2 Å². The van der Waals surface area contributed by atoms with Gasteiger partial charge in [-0.2, -0.15) is 0 Å². The van der Waals surface area contributed by atoms with Crippen LogP contribution in [0.5, 0.6) is 0 Å². The van der Waals surface area contributed by atoms with Gasteiger partial charge in [0.05, 0.1) is 0 Å². The average Bonchev–Trinajstić information content (AvgIpc) is 2.13. The third-order valence-electron chi connectivity index (χ3n) is 2.49. The molecule has 0 heterocycles. The highest BCUT2D eigenvalue weighted by Gasteiger charge is 2.13. The molecule has 14 heavy (non-hydrogen) atoms. The van der Waals surface area contributed by atoms with Crippen LogP contribution < -0.4 is 5.32 Å². The topological polar surface area (TPSA) is 32.3 Å². The van der Waals surface area contributed by atoms with Gasteiger partial charge in [-0.25, -0.2) is 0 Å². The Hall–Kier alpha value is -0.570. The largest absolute Gasteiger partial charge is 0.349 e. The second-order valence-corrected chi connectivity index (χ2v) is 4.07. The fraction of sp³-hybridized carbons (Fsp3) is 0.909. The maximum absolute atomic E-state index is 11.4. The van der Waals surface area contributed by atoms with Gasteiger partial charge >= 0.3 is 0 Å². The second-order valence-electron chi connectivity index (χ2n) is 4.07. The Balaban J connectivity index is 3.84. The van der Waals surface area contributed by atoms with Gasteiger partial charge in [0, 0.05) is 32.6 Å². The van der Waals surface area contributed by atoms with Crippen LogP contribution in [0.4, 0.5) is 0 Å². The Labute approximate surface area is 87.9 Å². The summed E-state index contributed by atoms with van der Waals surface area (Å²) in [6.45, 7) is 6.41. The van der Waals surface area contributed by atoms with Crippen molar-refractivity contribution in [1.29, 1.82) is 0 Å². The molecule has 0 aromatic carbocycles. The van der Waals surface area contributed by atoms with Gasteiger partial charge in [0.25, 0.3) is 0 Å². The average molecular weight is 200 g/mol. The molecule has 1 N–H and O–H groups in total. The molecule has 0 rings (SSSR count). The van der Waals surface area contributed by atoms with Crippen LogP contribution in [0.3, 0.4) is 0 Å². The maximum atomic E-state index is 11.4. The van der Waals surface area contributed by atoms with Crippen molar-refractivity contribution in [1.82, 2.24) is 10.2 Å². The van der Waals surface area contributed by atoms with Crippen LogP contribution in [0.15, 0.2) is 0 Å². The van der Waals surface area contributed by atoms with E-state index in [0.29, 0.717) is 12.5 Å². The van der Waals surface area contributed by atoms with E-state index in [1.807, 2.05) is 0 Å². The molecule has 3 nitrogen and oxygen atoms in total. The first-order valence-electron chi connectivity index (χ1n) is 5.47. The molecule has 0 aliphatic rings. The monoisotopic (exact) mass is 200 g/mol. The molecule has 1 unspecified atom stereocenters. The molecule has 0 saturated carbocycles. The number of rotatable bonds is 6. The SMILES string of the molecule is CCC(CC)NC(C)CC(=O)N(C)C. The Kier molecular flexibility index (Phi) is 6.54. The van der Waals surface area contributed by atoms with Gasteiger partial charge in [-0.05, 0) is 19.8 Å². The van der Waals surface area contributed by atoms with Gasteiger partial charge in [0.2, 0.25) is 5.91 Å². The molecule has 1 amide bonds. The molecule has 0 radical (unpaired) electrons. The summed E-state index contributed by atoms with van der Waals surface area (Å²) in [7, 11) is 3.60. The summed E-state index contributed by atoms with van der Waals surface area (Å²) in [5, 5.41) is 3.45. The van der Waals surface area contributed by atoms with E-state index in [2.05, 4.69) is 26.1 Å². The second kappa shape index (κ2) is 6.82. The molecule has 84 valence electrons. The van der Waals surface area contributed by atoms with Crippen LogP contribution >= 0.6 is 0 Å². The first-order chi connectivity index (χ1) is 6.51. The summed E-state index contributed by atoms with van der Waals surface area (Å²) in [6, 6.07) is 0.815. The number of hydrogen-bond acceptors (Lipinski definition) is 2. The Morgan fingerprint density at radius 1 is 1.29 bits per heavy atom. The first-order valence-corrected chi connectivity index (χ1v) is 5.47. The Morgan fingerprint density at radius 2 is 1.79 bits per heavy atom. The maximum Gasteiger partial charge on any atom is 0.223 e. The Bertz CT molecular complexity index is 165. The van der Waals surface area contributed by atoms with Crippen molar-refractivity contribution < 1.29 is 4.79 Å². The molecule has 3 heteroatoms. The predicted octanol–water partition coefficient (Wildman–Crippen LogP) is 1.63. The molecule has 0 aromatic rings. The van der Waals surface area contributed by atoms with Crippen LogP contribution in [0.1, 0.15) is 40.0 Å². The van der Waals surface area contributed by atoms with Crippen LogP contribution in [0.2, 0.25) is 0 Å². The zero-order chi connectivity index (χ0) is 11.1. The van der Waals surface area contributed by atoms with Gasteiger partial charge in [0.1, 0.15) is 0 Å². The number of carbonyl (C=O) groups is 1. The molecule has 1 atom stereocenters. The molecule has 0 aliphatic heterocycles. The number of carbonyl (C=O) groups excluding carboxylic acids is 1. The fourth-order valence-electron chi connectivity index (χ4n) is 1.43. The van der Waals surface area contributed by atoms with Crippen LogP contribution in [-0.2, 0) is 4.79 Å². The highest BCUT2D eigenvalue weighted by molar-refractivity contribution is 5.76.